The molecule has 0 unspecified atom stereocenters. The number of hydrogen-bond donors (Lipinski definition) is 1. The molecule has 5 heteroatoms. The molecule has 0 fully saturated rings. The second-order valence-electron chi connectivity index (χ2n) is 3.96. The van der Waals surface area contributed by atoms with Gasteiger partial charge in [-0.3, -0.25) is 0 Å². The van der Waals surface area contributed by atoms with Crippen LogP contribution in [0.25, 0.3) is 0 Å². The lowest BCUT2D eigenvalue weighted by atomic mass is 10.2. The van der Waals surface area contributed by atoms with Crippen molar-refractivity contribution in [3.05, 3.63) is 59.9 Å². The Bertz CT molecular complexity index is 552. The summed E-state index contributed by atoms with van der Waals surface area (Å²) in [6, 6.07) is 12.9. The van der Waals surface area contributed by atoms with Crippen molar-refractivity contribution in [3.63, 3.8) is 0 Å². The molecule has 0 saturated carbocycles. The molecule has 4 nitrogen and oxygen atoms in total. The van der Waals surface area contributed by atoms with Gasteiger partial charge in [-0.15, -0.1) is 0 Å². The van der Waals surface area contributed by atoms with Gasteiger partial charge in [-0.1, -0.05) is 5.16 Å². The predicted octanol–water partition coefficient (Wildman–Crippen LogP) is 3.09. The molecule has 0 bridgehead atoms. The van der Waals surface area contributed by atoms with Crippen LogP contribution in [0.15, 0.2) is 53.7 Å². The van der Waals surface area contributed by atoms with Crippen LogP contribution in [0, 0.1) is 5.82 Å². The van der Waals surface area contributed by atoms with Crippen LogP contribution in [0.4, 0.5) is 4.39 Å². The van der Waals surface area contributed by atoms with Gasteiger partial charge in [0.2, 0.25) is 0 Å². The van der Waals surface area contributed by atoms with Crippen LogP contribution in [0.5, 0.6) is 11.5 Å². The number of ether oxygens (including phenoxy) is 2. The smallest absolute Gasteiger partial charge is 0.123 e. The lowest BCUT2D eigenvalue weighted by Gasteiger charge is -2.08. The average molecular weight is 275 g/mol. The Labute approximate surface area is 116 Å². The number of hydrogen-bond acceptors (Lipinski definition) is 4. The Morgan fingerprint density at radius 3 is 1.90 bits per heavy atom. The van der Waals surface area contributed by atoms with Crippen LogP contribution in [-0.2, 0) is 0 Å². The standard InChI is InChI=1S/C15H14FNO3/c16-13-3-7-15(8-4-13)20-10-9-19-14-5-1-12(2-6-14)11-17-18/h1-8,11,18H,9-10H2. The van der Waals surface area contributed by atoms with Crippen molar-refractivity contribution < 1.29 is 19.1 Å². The lowest BCUT2D eigenvalue weighted by molar-refractivity contribution is 0.217. The molecule has 0 aliphatic rings. The van der Waals surface area contributed by atoms with Gasteiger partial charge in [0, 0.05) is 0 Å². The maximum atomic E-state index is 12.7. The number of halogens is 1. The van der Waals surface area contributed by atoms with Gasteiger partial charge in [0.1, 0.15) is 30.5 Å². The van der Waals surface area contributed by atoms with Crippen LogP contribution in [0.3, 0.4) is 0 Å². The topological polar surface area (TPSA) is 51.1 Å². The number of nitrogens with zero attached hydrogens (tertiary/aromatic N) is 1. The molecule has 0 amide bonds. The SMILES string of the molecule is ON=Cc1ccc(OCCOc2ccc(F)cc2)cc1. The lowest BCUT2D eigenvalue weighted by Crippen LogP contribution is -2.08. The average Bonchev–Trinajstić information content (AvgIpc) is 2.47. The Morgan fingerprint density at radius 2 is 1.40 bits per heavy atom. The van der Waals surface area contributed by atoms with Crippen LogP contribution in [0.1, 0.15) is 5.56 Å². The van der Waals surface area contributed by atoms with E-state index in [-0.39, 0.29) is 5.82 Å². The summed E-state index contributed by atoms with van der Waals surface area (Å²) in [4.78, 5) is 0. The van der Waals surface area contributed by atoms with E-state index in [0.717, 1.165) is 5.56 Å². The number of rotatable bonds is 6. The van der Waals surface area contributed by atoms with Crippen molar-refractivity contribution in [2.75, 3.05) is 13.2 Å². The van der Waals surface area contributed by atoms with Crippen LogP contribution in [0.2, 0.25) is 0 Å². The maximum absolute atomic E-state index is 12.7. The molecule has 0 aromatic heterocycles. The fraction of sp³-hybridized carbons (Fsp3) is 0.133. The second-order valence-corrected chi connectivity index (χ2v) is 3.96. The van der Waals surface area contributed by atoms with E-state index in [1.54, 1.807) is 36.4 Å². The first-order valence-electron chi connectivity index (χ1n) is 6.06. The zero-order valence-corrected chi connectivity index (χ0v) is 10.7. The maximum Gasteiger partial charge on any atom is 0.123 e. The summed E-state index contributed by atoms with van der Waals surface area (Å²) < 4.78 is 23.6. The minimum Gasteiger partial charge on any atom is -0.490 e. The van der Waals surface area contributed by atoms with Gasteiger partial charge in [0.25, 0.3) is 0 Å². The fourth-order valence-electron chi connectivity index (χ4n) is 1.57. The first kappa shape index (κ1) is 13.9. The first-order chi connectivity index (χ1) is 9.78. The Balaban J connectivity index is 1.74. The summed E-state index contributed by atoms with van der Waals surface area (Å²) in [6.07, 6.45) is 1.33. The third kappa shape index (κ3) is 4.28. The summed E-state index contributed by atoms with van der Waals surface area (Å²) in [5.41, 5.74) is 0.780. The quantitative estimate of drug-likeness (QED) is 0.381. The van der Waals surface area contributed by atoms with E-state index in [1.807, 2.05) is 0 Å². The largest absolute Gasteiger partial charge is 0.490 e. The molecule has 0 radical (unpaired) electrons. The van der Waals surface area contributed by atoms with E-state index in [4.69, 9.17) is 14.7 Å². The van der Waals surface area contributed by atoms with Crippen molar-refractivity contribution in [3.8, 4) is 11.5 Å². The van der Waals surface area contributed by atoms with E-state index in [1.165, 1.54) is 18.3 Å². The zero-order valence-electron chi connectivity index (χ0n) is 10.7. The molecular weight excluding hydrogens is 261 g/mol. The normalized spacial score (nSPS) is 10.7. The van der Waals surface area contributed by atoms with Crippen molar-refractivity contribution in [2.45, 2.75) is 0 Å². The van der Waals surface area contributed by atoms with E-state index in [9.17, 15) is 4.39 Å². The molecule has 0 aliphatic heterocycles. The van der Waals surface area contributed by atoms with Crippen LogP contribution in [-0.4, -0.2) is 24.6 Å². The highest BCUT2D eigenvalue weighted by molar-refractivity contribution is 5.79. The van der Waals surface area contributed by atoms with E-state index in [2.05, 4.69) is 5.16 Å². The van der Waals surface area contributed by atoms with Gasteiger partial charge < -0.3 is 14.7 Å². The molecule has 104 valence electrons. The Morgan fingerprint density at radius 1 is 0.900 bits per heavy atom. The second kappa shape index (κ2) is 7.13. The zero-order chi connectivity index (χ0) is 14.2. The molecule has 2 aromatic carbocycles. The van der Waals surface area contributed by atoms with Gasteiger partial charge in [-0.2, -0.15) is 0 Å². The number of oxime groups is 1. The molecule has 2 rings (SSSR count). The summed E-state index contributed by atoms with van der Waals surface area (Å²) in [5.74, 6) is 1.01. The van der Waals surface area contributed by atoms with Gasteiger partial charge >= 0.3 is 0 Å². The minimum absolute atomic E-state index is 0.292. The molecule has 0 saturated heterocycles. The van der Waals surface area contributed by atoms with Gasteiger partial charge in [-0.05, 0) is 54.1 Å². The van der Waals surface area contributed by atoms with Gasteiger partial charge in [0.05, 0.1) is 6.21 Å². The van der Waals surface area contributed by atoms with Crippen molar-refractivity contribution in [2.24, 2.45) is 5.16 Å². The molecule has 1 N–H and O–H groups in total. The summed E-state index contributed by atoms with van der Waals surface area (Å²) >= 11 is 0. The third-order valence-electron chi connectivity index (χ3n) is 2.52. The fourth-order valence-corrected chi connectivity index (χ4v) is 1.57. The monoisotopic (exact) mass is 275 g/mol. The van der Waals surface area contributed by atoms with Gasteiger partial charge in [0.15, 0.2) is 0 Å². The molecule has 0 aliphatic carbocycles. The third-order valence-corrected chi connectivity index (χ3v) is 2.52. The number of benzene rings is 2. The van der Waals surface area contributed by atoms with Gasteiger partial charge in [-0.25, -0.2) is 4.39 Å². The highest BCUT2D eigenvalue weighted by Crippen LogP contribution is 2.13. The van der Waals surface area contributed by atoms with E-state index < -0.39 is 0 Å². The molecule has 0 spiro atoms. The molecule has 2 aromatic rings. The predicted molar refractivity (Wildman–Crippen MR) is 73.2 cm³/mol. The highest BCUT2D eigenvalue weighted by Gasteiger charge is 1.97. The summed E-state index contributed by atoms with van der Waals surface area (Å²) in [5, 5.41) is 11.3. The summed E-state index contributed by atoms with van der Waals surface area (Å²) in [7, 11) is 0. The molecule has 0 heterocycles. The highest BCUT2D eigenvalue weighted by atomic mass is 19.1. The van der Waals surface area contributed by atoms with Crippen LogP contribution < -0.4 is 9.47 Å². The Hall–Kier alpha value is -2.56. The molecule has 20 heavy (non-hydrogen) atoms. The van der Waals surface area contributed by atoms with E-state index in [0.29, 0.717) is 24.7 Å². The Kier molecular flexibility index (Phi) is 4.94. The van der Waals surface area contributed by atoms with E-state index >= 15 is 0 Å². The molecular formula is C15H14FNO3. The van der Waals surface area contributed by atoms with Crippen LogP contribution >= 0.6 is 0 Å². The van der Waals surface area contributed by atoms with Crippen molar-refractivity contribution in [1.82, 2.24) is 0 Å². The van der Waals surface area contributed by atoms with Crippen molar-refractivity contribution in [1.29, 1.82) is 0 Å². The minimum atomic E-state index is -0.292. The van der Waals surface area contributed by atoms with Crippen molar-refractivity contribution >= 4 is 6.21 Å². The first-order valence-corrected chi connectivity index (χ1v) is 6.06. The molecule has 0 atom stereocenters. The summed E-state index contributed by atoms with van der Waals surface area (Å²) in [6.45, 7) is 0.746.